The van der Waals surface area contributed by atoms with Crippen LogP contribution < -0.4 is 15.8 Å². The topological polar surface area (TPSA) is 65.0 Å². The highest BCUT2D eigenvalue weighted by Crippen LogP contribution is 2.30. The molecule has 18 heavy (non-hydrogen) atoms. The Kier molecular flexibility index (Phi) is 4.60. The number of anilines is 1. The van der Waals surface area contributed by atoms with Gasteiger partial charge in [0.25, 0.3) is 6.30 Å². The Bertz CT molecular complexity index is 398. The Morgan fingerprint density at radius 2 is 2.11 bits per heavy atom. The highest BCUT2D eigenvalue weighted by atomic mass is 19.3. The first-order valence-corrected chi connectivity index (χ1v) is 4.88. The largest absolute Gasteiger partial charge is 0.489 e. The minimum absolute atomic E-state index is 0.105. The van der Waals surface area contributed by atoms with Crippen LogP contribution in [0.4, 0.5) is 28.9 Å². The molecule has 0 spiro atoms. The van der Waals surface area contributed by atoms with E-state index in [4.69, 9.17) is 10.5 Å². The highest BCUT2D eigenvalue weighted by Gasteiger charge is 2.40. The molecule has 1 rings (SSSR count). The Morgan fingerprint density at radius 1 is 1.44 bits per heavy atom. The lowest BCUT2D eigenvalue weighted by atomic mass is 10.2. The lowest BCUT2D eigenvalue weighted by Crippen LogP contribution is -2.34. The maximum Gasteiger partial charge on any atom is 0.430 e. The molecular weight excluding hydrogens is 256 g/mol. The van der Waals surface area contributed by atoms with Crippen LogP contribution in [0.15, 0.2) is 18.2 Å². The third-order valence-electron chi connectivity index (χ3n) is 1.89. The molecule has 100 valence electrons. The number of hydrogen-bond donors (Lipinski definition) is 1. The van der Waals surface area contributed by atoms with E-state index in [0.717, 1.165) is 6.07 Å². The van der Waals surface area contributed by atoms with Gasteiger partial charge in [-0.3, -0.25) is 0 Å². The Hall–Kier alpha value is -1.70. The van der Waals surface area contributed by atoms with Gasteiger partial charge in [-0.05, 0) is 18.2 Å². The number of hydrogen-bond acceptors (Lipinski definition) is 2. The van der Waals surface area contributed by atoms with Gasteiger partial charge in [0.1, 0.15) is 19.0 Å². The molecule has 2 radical (unpaired) electrons. The second-order valence-electron chi connectivity index (χ2n) is 3.32. The van der Waals surface area contributed by atoms with E-state index in [1.54, 1.807) is 5.32 Å². The molecular formula is C10H10F4N2O2. The maximum atomic E-state index is 12.9. The van der Waals surface area contributed by atoms with Crippen molar-refractivity contribution in [3.8, 4) is 5.75 Å². The molecule has 0 heterocycles. The predicted octanol–water partition coefficient (Wildman–Crippen LogP) is 2.68. The van der Waals surface area contributed by atoms with Crippen LogP contribution >= 0.6 is 0 Å². The summed E-state index contributed by atoms with van der Waals surface area (Å²) in [6.07, 6.45) is -8.00. The first kappa shape index (κ1) is 14.4. The molecule has 1 aromatic rings. The number of rotatable bonds is 6. The van der Waals surface area contributed by atoms with Crippen LogP contribution in [0.1, 0.15) is 0 Å². The fourth-order valence-corrected chi connectivity index (χ4v) is 1.14. The van der Waals surface area contributed by atoms with Crippen molar-refractivity contribution in [2.45, 2.75) is 12.4 Å². The van der Waals surface area contributed by atoms with Gasteiger partial charge in [0.2, 0.25) is 0 Å². The molecule has 1 unspecified atom stereocenters. The van der Waals surface area contributed by atoms with E-state index in [1.165, 1.54) is 12.1 Å². The summed E-state index contributed by atoms with van der Waals surface area (Å²) in [6.45, 7) is -1.17. The van der Waals surface area contributed by atoms with E-state index in [0.29, 0.717) is 0 Å². The van der Waals surface area contributed by atoms with Crippen LogP contribution in [-0.4, -0.2) is 25.7 Å². The van der Waals surface area contributed by atoms with Gasteiger partial charge in [0.15, 0.2) is 0 Å². The molecule has 1 atom stereocenters. The maximum absolute atomic E-state index is 12.9. The van der Waals surface area contributed by atoms with E-state index in [-0.39, 0.29) is 23.7 Å². The van der Waals surface area contributed by atoms with E-state index < -0.39 is 19.1 Å². The summed E-state index contributed by atoms with van der Waals surface area (Å²) in [7, 11) is 0. The standard InChI is InChI=1S/C10H10F4N2O2/c11-3-4-18-8-2-1-6(15)5-7(8)16-9(12)10(13,14)17/h1-2,5,9,15-16H,3-4H2. The van der Waals surface area contributed by atoms with Crippen molar-refractivity contribution in [3.05, 3.63) is 18.2 Å². The number of halogens is 4. The summed E-state index contributed by atoms with van der Waals surface area (Å²) in [5.41, 5.74) is 6.84. The molecule has 2 N–H and O–H groups in total. The highest BCUT2D eigenvalue weighted by molar-refractivity contribution is 5.62. The van der Waals surface area contributed by atoms with Crippen molar-refractivity contribution in [1.82, 2.24) is 5.73 Å². The summed E-state index contributed by atoms with van der Waals surface area (Å²) in [5.74, 6) is -0.115. The molecule has 8 heteroatoms. The first-order valence-electron chi connectivity index (χ1n) is 4.88. The van der Waals surface area contributed by atoms with Gasteiger partial charge in [0.05, 0.1) is 11.4 Å². The number of alkyl halides is 4. The number of benzene rings is 1. The van der Waals surface area contributed by atoms with E-state index >= 15 is 0 Å². The zero-order valence-electron chi connectivity index (χ0n) is 9.05. The molecule has 0 fully saturated rings. The molecule has 0 aliphatic rings. The molecule has 0 aliphatic heterocycles. The van der Waals surface area contributed by atoms with Gasteiger partial charge in [-0.2, -0.15) is 13.9 Å². The molecule has 4 nitrogen and oxygen atoms in total. The summed E-state index contributed by atoms with van der Waals surface area (Å²) in [6, 6.07) is 3.43. The van der Waals surface area contributed by atoms with Gasteiger partial charge in [-0.25, -0.2) is 8.78 Å². The van der Waals surface area contributed by atoms with E-state index in [1.807, 2.05) is 0 Å². The molecule has 0 aromatic heterocycles. The summed E-state index contributed by atoms with van der Waals surface area (Å²) < 4.78 is 53.9. The lowest BCUT2D eigenvalue weighted by Gasteiger charge is -2.18. The molecule has 0 saturated heterocycles. The summed E-state index contributed by atoms with van der Waals surface area (Å²) in [5, 5.41) is 11.7. The SMILES string of the molecule is [NH]c1ccc(OCCF)c(NC(F)C([O])(F)F)c1. The molecule has 0 amide bonds. The zero-order valence-corrected chi connectivity index (χ0v) is 9.05. The Balaban J connectivity index is 2.88. The van der Waals surface area contributed by atoms with Gasteiger partial charge < -0.3 is 15.8 Å². The van der Waals surface area contributed by atoms with Crippen LogP contribution in [0, 0.1) is 0 Å². The minimum Gasteiger partial charge on any atom is -0.489 e. The Morgan fingerprint density at radius 3 is 2.67 bits per heavy atom. The van der Waals surface area contributed by atoms with Gasteiger partial charge >= 0.3 is 6.11 Å². The van der Waals surface area contributed by atoms with Crippen molar-refractivity contribution >= 4 is 11.4 Å². The van der Waals surface area contributed by atoms with Crippen molar-refractivity contribution < 1.29 is 27.4 Å². The Labute approximate surface area is 100 Å². The summed E-state index contributed by atoms with van der Waals surface area (Å²) in [4.78, 5) is 0. The van der Waals surface area contributed by atoms with E-state index in [9.17, 15) is 22.7 Å². The van der Waals surface area contributed by atoms with Gasteiger partial charge in [-0.1, -0.05) is 0 Å². The van der Waals surface area contributed by atoms with Crippen molar-refractivity contribution in [2.75, 3.05) is 18.6 Å². The van der Waals surface area contributed by atoms with Crippen LogP contribution in [0.2, 0.25) is 0 Å². The molecule has 1 aromatic carbocycles. The lowest BCUT2D eigenvalue weighted by molar-refractivity contribution is -0.271. The monoisotopic (exact) mass is 266 g/mol. The third kappa shape index (κ3) is 3.95. The van der Waals surface area contributed by atoms with Crippen molar-refractivity contribution in [3.63, 3.8) is 0 Å². The predicted molar refractivity (Wildman–Crippen MR) is 54.8 cm³/mol. The van der Waals surface area contributed by atoms with Crippen LogP contribution in [0.25, 0.3) is 0 Å². The average Bonchev–Trinajstić information content (AvgIpc) is 2.26. The zero-order chi connectivity index (χ0) is 13.8. The second-order valence-corrected chi connectivity index (χ2v) is 3.32. The third-order valence-corrected chi connectivity index (χ3v) is 1.89. The van der Waals surface area contributed by atoms with Crippen molar-refractivity contribution in [2.24, 2.45) is 0 Å². The minimum atomic E-state index is -4.82. The normalized spacial score (nSPS) is 13.2. The first-order chi connectivity index (χ1) is 8.34. The van der Waals surface area contributed by atoms with E-state index in [2.05, 4.69) is 0 Å². The fourth-order valence-electron chi connectivity index (χ4n) is 1.14. The van der Waals surface area contributed by atoms with Gasteiger partial charge in [-0.15, -0.1) is 0 Å². The fraction of sp³-hybridized carbons (Fsp3) is 0.400. The smallest absolute Gasteiger partial charge is 0.430 e. The van der Waals surface area contributed by atoms with Crippen LogP contribution in [0.5, 0.6) is 5.75 Å². The number of nitrogens with one attached hydrogen (secondary N) is 2. The van der Waals surface area contributed by atoms with Crippen LogP contribution in [-0.2, 0) is 5.11 Å². The number of ether oxygens (including phenoxy) is 1. The molecule has 0 bridgehead atoms. The van der Waals surface area contributed by atoms with Gasteiger partial charge in [0, 0.05) is 0 Å². The quantitative estimate of drug-likeness (QED) is 0.635. The second kappa shape index (κ2) is 5.76. The van der Waals surface area contributed by atoms with Crippen LogP contribution in [0.3, 0.4) is 0 Å². The average molecular weight is 266 g/mol. The molecule has 0 saturated carbocycles. The molecule has 0 aliphatic carbocycles. The van der Waals surface area contributed by atoms with Crippen molar-refractivity contribution in [1.29, 1.82) is 0 Å². The summed E-state index contributed by atoms with van der Waals surface area (Å²) >= 11 is 0.